The zero-order valence-electron chi connectivity index (χ0n) is 18.0. The summed E-state index contributed by atoms with van der Waals surface area (Å²) in [5.41, 5.74) is 1.05. The van der Waals surface area contributed by atoms with Crippen LogP contribution < -0.4 is 5.32 Å². The molecule has 6 nitrogen and oxygen atoms in total. The number of hydrogen-bond donors (Lipinski definition) is 1. The van der Waals surface area contributed by atoms with E-state index in [1.54, 1.807) is 12.3 Å². The van der Waals surface area contributed by atoms with Crippen molar-refractivity contribution in [3.8, 4) is 0 Å². The maximum Gasteiger partial charge on any atom is 0.492 e. The normalized spacial score (nSPS) is 18.9. The smallest absolute Gasteiger partial charge is 0.444 e. The van der Waals surface area contributed by atoms with Gasteiger partial charge in [-0.1, -0.05) is 17.7 Å². The third-order valence-corrected chi connectivity index (χ3v) is 5.06. The highest BCUT2D eigenvalue weighted by Crippen LogP contribution is 2.38. The molecule has 0 unspecified atom stereocenters. The van der Waals surface area contributed by atoms with E-state index < -0.39 is 30.0 Å². The number of nitrogens with zero attached hydrogens (tertiary/aromatic N) is 1. The molecule has 0 bridgehead atoms. The molecule has 1 N–H and O–H groups in total. The zero-order valence-corrected chi connectivity index (χ0v) is 18.7. The fourth-order valence-corrected chi connectivity index (χ4v) is 2.78. The van der Waals surface area contributed by atoms with Crippen LogP contribution in [0.4, 0.5) is 4.79 Å². The average Bonchev–Trinajstić information content (AvgIpc) is 2.71. The Balaban J connectivity index is 2.28. The number of aryl methyl sites for hydroxylation is 1. The molecule has 8 heteroatoms. The van der Waals surface area contributed by atoms with Crippen molar-refractivity contribution in [2.24, 2.45) is 0 Å². The number of carbonyl (C=O) groups excluding carboxylic acids is 1. The summed E-state index contributed by atoms with van der Waals surface area (Å²) < 4.78 is 17.7. The lowest BCUT2D eigenvalue weighted by Gasteiger charge is -2.32. The van der Waals surface area contributed by atoms with Gasteiger partial charge in [-0.3, -0.25) is 0 Å². The van der Waals surface area contributed by atoms with Gasteiger partial charge in [0.1, 0.15) is 10.8 Å². The highest BCUT2D eigenvalue weighted by Gasteiger charge is 2.52. The number of nitrogens with one attached hydrogen (secondary N) is 1. The fraction of sp³-hybridized carbons (Fsp3) is 0.600. The lowest BCUT2D eigenvalue weighted by Crippen LogP contribution is -2.41. The van der Waals surface area contributed by atoms with Crippen LogP contribution in [0, 0.1) is 6.92 Å². The van der Waals surface area contributed by atoms with Crippen LogP contribution in [0.1, 0.15) is 59.6 Å². The molecule has 0 spiro atoms. The van der Waals surface area contributed by atoms with Crippen LogP contribution >= 0.6 is 11.6 Å². The maximum atomic E-state index is 12.1. The predicted octanol–water partition coefficient (Wildman–Crippen LogP) is 4.58. The van der Waals surface area contributed by atoms with E-state index in [0.29, 0.717) is 5.15 Å². The highest BCUT2D eigenvalue weighted by atomic mass is 35.5. The second-order valence-corrected chi connectivity index (χ2v) is 9.41. The molecule has 0 aromatic carbocycles. The van der Waals surface area contributed by atoms with Gasteiger partial charge in [-0.2, -0.15) is 0 Å². The summed E-state index contributed by atoms with van der Waals surface area (Å²) in [7, 11) is -0.602. The zero-order chi connectivity index (χ0) is 21.3. The minimum absolute atomic E-state index is 0.216. The molecule has 1 aliphatic rings. The van der Waals surface area contributed by atoms with Crippen molar-refractivity contribution in [2.45, 2.75) is 72.2 Å². The van der Waals surface area contributed by atoms with Crippen LogP contribution in [0.2, 0.25) is 5.15 Å². The van der Waals surface area contributed by atoms with Crippen molar-refractivity contribution in [3.63, 3.8) is 0 Å². The van der Waals surface area contributed by atoms with Crippen LogP contribution in [-0.4, -0.2) is 41.5 Å². The summed E-state index contributed by atoms with van der Waals surface area (Å²) >= 11 is 5.96. The van der Waals surface area contributed by atoms with Crippen LogP contribution in [0.25, 0.3) is 6.08 Å². The highest BCUT2D eigenvalue weighted by molar-refractivity contribution is 6.56. The minimum atomic E-state index is -0.602. The Morgan fingerprint density at radius 2 is 1.86 bits per heavy atom. The first-order valence-corrected chi connectivity index (χ1v) is 9.73. The van der Waals surface area contributed by atoms with Gasteiger partial charge in [0.2, 0.25) is 0 Å². The second kappa shape index (κ2) is 8.05. The van der Waals surface area contributed by atoms with Crippen molar-refractivity contribution < 1.29 is 18.8 Å². The van der Waals surface area contributed by atoms with Crippen LogP contribution in [0.3, 0.4) is 0 Å². The molecule has 1 amide bonds. The lowest BCUT2D eigenvalue weighted by atomic mass is 9.77. The molecule has 0 atom stereocenters. The number of rotatable bonds is 4. The molecule has 154 valence electrons. The van der Waals surface area contributed by atoms with Crippen molar-refractivity contribution in [3.05, 3.63) is 34.0 Å². The van der Waals surface area contributed by atoms with Gasteiger partial charge in [0, 0.05) is 12.7 Å². The first-order valence-electron chi connectivity index (χ1n) is 9.35. The van der Waals surface area contributed by atoms with E-state index in [1.807, 2.05) is 61.5 Å². The second-order valence-electron chi connectivity index (χ2n) is 9.03. The number of amides is 1. The van der Waals surface area contributed by atoms with E-state index in [0.717, 1.165) is 16.6 Å². The van der Waals surface area contributed by atoms with E-state index in [-0.39, 0.29) is 6.54 Å². The van der Waals surface area contributed by atoms with Gasteiger partial charge in [-0.05, 0) is 78.1 Å². The summed E-state index contributed by atoms with van der Waals surface area (Å²) in [4.78, 5) is 16.3. The van der Waals surface area contributed by atoms with Crippen molar-refractivity contribution >= 4 is 30.9 Å². The largest absolute Gasteiger partial charge is 0.492 e. The molecule has 28 heavy (non-hydrogen) atoms. The monoisotopic (exact) mass is 408 g/mol. The summed E-state index contributed by atoms with van der Waals surface area (Å²) in [6.45, 7) is 15.6. The summed E-state index contributed by atoms with van der Waals surface area (Å²) in [5.74, 6) is 0. The lowest BCUT2D eigenvalue weighted by molar-refractivity contribution is 0.00578. The number of ether oxygens (including phenoxy) is 1. The molecule has 1 aliphatic heterocycles. The third kappa shape index (κ3) is 5.72. The first-order chi connectivity index (χ1) is 12.7. The Kier molecular flexibility index (Phi) is 6.53. The molecule has 1 aromatic heterocycles. The number of hydrogen-bond acceptors (Lipinski definition) is 5. The average molecular weight is 409 g/mol. The summed E-state index contributed by atoms with van der Waals surface area (Å²) in [5, 5.41) is 3.22. The van der Waals surface area contributed by atoms with Crippen molar-refractivity contribution in [1.82, 2.24) is 10.3 Å². The van der Waals surface area contributed by atoms with Gasteiger partial charge in [-0.15, -0.1) is 0 Å². The van der Waals surface area contributed by atoms with E-state index >= 15 is 0 Å². The molecular weight excluding hydrogens is 378 g/mol. The molecule has 1 aromatic rings. The Labute approximate surface area is 173 Å². The Morgan fingerprint density at radius 3 is 2.36 bits per heavy atom. The number of halogens is 1. The van der Waals surface area contributed by atoms with Gasteiger partial charge in [0.15, 0.2) is 0 Å². The van der Waals surface area contributed by atoms with E-state index in [9.17, 15) is 4.79 Å². The molecule has 2 rings (SSSR count). The Hall–Kier alpha value is -1.57. The summed E-state index contributed by atoms with van der Waals surface area (Å²) in [6, 6.07) is 1.79. The topological polar surface area (TPSA) is 69.7 Å². The first kappa shape index (κ1) is 22.7. The molecule has 0 saturated carbocycles. The van der Waals surface area contributed by atoms with E-state index in [4.69, 9.17) is 25.6 Å². The van der Waals surface area contributed by atoms with Crippen LogP contribution in [0.5, 0.6) is 0 Å². The van der Waals surface area contributed by atoms with Gasteiger partial charge in [-0.25, -0.2) is 9.78 Å². The molecule has 2 heterocycles. The van der Waals surface area contributed by atoms with Crippen LogP contribution in [0.15, 0.2) is 17.7 Å². The summed E-state index contributed by atoms with van der Waals surface area (Å²) in [6.07, 6.45) is 3.11. The molecule has 0 aliphatic carbocycles. The van der Waals surface area contributed by atoms with Gasteiger partial charge < -0.3 is 19.4 Å². The number of alkyl carbamates (subject to hydrolysis) is 1. The van der Waals surface area contributed by atoms with E-state index in [1.165, 1.54) is 0 Å². The SMILES string of the molecule is Cc1cc(Cl)ncc1C=C(CNC(=O)OC(C)(C)C)B1OC(C)(C)C(C)(C)O1. The molecule has 1 fully saturated rings. The number of carbonyl (C=O) groups is 1. The van der Waals surface area contributed by atoms with Gasteiger partial charge >= 0.3 is 13.2 Å². The van der Waals surface area contributed by atoms with Crippen LogP contribution in [-0.2, 0) is 14.0 Å². The standard InChI is InChI=1S/C20H30BClN2O4/c1-13-9-16(22)23-11-14(13)10-15(12-24-17(25)26-18(2,3)4)21-27-19(5,6)20(7,8)28-21/h9-11H,12H2,1-8H3,(H,24,25). The fourth-order valence-electron chi connectivity index (χ4n) is 2.57. The van der Waals surface area contributed by atoms with Crippen molar-refractivity contribution in [1.29, 1.82) is 0 Å². The molecular formula is C20H30BClN2O4. The third-order valence-electron chi connectivity index (χ3n) is 4.85. The van der Waals surface area contributed by atoms with Gasteiger partial charge in [0.25, 0.3) is 0 Å². The molecule has 0 radical (unpaired) electrons. The van der Waals surface area contributed by atoms with E-state index in [2.05, 4.69) is 10.3 Å². The Bertz CT molecular complexity index is 756. The molecule has 1 saturated heterocycles. The maximum absolute atomic E-state index is 12.1. The Morgan fingerprint density at radius 1 is 1.29 bits per heavy atom. The van der Waals surface area contributed by atoms with Gasteiger partial charge in [0.05, 0.1) is 11.2 Å². The minimum Gasteiger partial charge on any atom is -0.444 e. The quantitative estimate of drug-likeness (QED) is 0.583. The predicted molar refractivity (Wildman–Crippen MR) is 112 cm³/mol. The number of aromatic nitrogens is 1. The van der Waals surface area contributed by atoms with Crippen molar-refractivity contribution in [2.75, 3.05) is 6.54 Å². The number of pyridine rings is 1.